The minimum absolute atomic E-state index is 0.641. The van der Waals surface area contributed by atoms with E-state index in [4.69, 9.17) is 17.3 Å². The van der Waals surface area contributed by atoms with Crippen LogP contribution in [0.2, 0.25) is 5.02 Å². The number of aromatic nitrogens is 1. The van der Waals surface area contributed by atoms with Crippen molar-refractivity contribution in [2.75, 3.05) is 11.1 Å². The minimum Gasteiger partial charge on any atom is -0.399 e. The molecule has 0 unspecified atom stereocenters. The molecule has 0 spiro atoms. The molecule has 0 saturated heterocycles. The lowest BCUT2D eigenvalue weighted by Crippen LogP contribution is -1.93. The highest BCUT2D eigenvalue weighted by molar-refractivity contribution is 7.13. The average molecular weight is 254 g/mol. The third-order valence-electron chi connectivity index (χ3n) is 2.15. The lowest BCUT2D eigenvalue weighted by atomic mass is 10.3. The van der Waals surface area contributed by atoms with E-state index in [1.807, 2.05) is 5.38 Å². The van der Waals surface area contributed by atoms with Gasteiger partial charge in [-0.1, -0.05) is 18.5 Å². The summed E-state index contributed by atoms with van der Waals surface area (Å²) in [6, 6.07) is 5.34. The highest BCUT2D eigenvalue weighted by Gasteiger charge is 2.04. The summed E-state index contributed by atoms with van der Waals surface area (Å²) in [5.74, 6) is 0. The highest BCUT2D eigenvalue weighted by Crippen LogP contribution is 2.28. The van der Waals surface area contributed by atoms with Crippen molar-refractivity contribution in [2.45, 2.75) is 13.3 Å². The monoisotopic (exact) mass is 253 g/mol. The van der Waals surface area contributed by atoms with Crippen molar-refractivity contribution >= 4 is 39.4 Å². The number of hydrogen-bond donors (Lipinski definition) is 2. The van der Waals surface area contributed by atoms with Crippen LogP contribution in [0.5, 0.6) is 0 Å². The first-order valence-electron chi connectivity index (χ1n) is 4.95. The van der Waals surface area contributed by atoms with E-state index in [0.29, 0.717) is 10.7 Å². The van der Waals surface area contributed by atoms with Crippen molar-refractivity contribution in [3.63, 3.8) is 0 Å². The van der Waals surface area contributed by atoms with Crippen LogP contribution >= 0.6 is 22.9 Å². The molecule has 1 heterocycles. The number of aryl methyl sites for hydroxylation is 1. The Morgan fingerprint density at radius 2 is 2.31 bits per heavy atom. The normalized spacial score (nSPS) is 10.4. The largest absolute Gasteiger partial charge is 0.399 e. The number of anilines is 3. The molecule has 3 nitrogen and oxygen atoms in total. The average Bonchev–Trinajstić information content (AvgIpc) is 2.71. The molecular weight excluding hydrogens is 242 g/mol. The first-order valence-corrected chi connectivity index (χ1v) is 6.21. The van der Waals surface area contributed by atoms with Gasteiger partial charge in [0.2, 0.25) is 0 Å². The molecule has 16 heavy (non-hydrogen) atoms. The number of thiazole rings is 1. The first-order chi connectivity index (χ1) is 7.69. The van der Waals surface area contributed by atoms with Gasteiger partial charge in [-0.05, 0) is 24.6 Å². The summed E-state index contributed by atoms with van der Waals surface area (Å²) in [5, 5.41) is 6.67. The van der Waals surface area contributed by atoms with Crippen LogP contribution in [-0.4, -0.2) is 4.98 Å². The first kappa shape index (κ1) is 11.2. The van der Waals surface area contributed by atoms with Crippen LogP contribution in [0, 0.1) is 0 Å². The van der Waals surface area contributed by atoms with Crippen molar-refractivity contribution in [3.8, 4) is 0 Å². The fourth-order valence-electron chi connectivity index (χ4n) is 1.28. The molecule has 5 heteroatoms. The van der Waals surface area contributed by atoms with Gasteiger partial charge < -0.3 is 11.1 Å². The third-order valence-corrected chi connectivity index (χ3v) is 3.28. The predicted octanol–water partition coefficient (Wildman–Crippen LogP) is 3.68. The van der Waals surface area contributed by atoms with E-state index >= 15 is 0 Å². The molecule has 84 valence electrons. The van der Waals surface area contributed by atoms with E-state index in [2.05, 4.69) is 17.2 Å². The zero-order valence-electron chi connectivity index (χ0n) is 8.83. The molecule has 2 rings (SSSR count). The standard InChI is InChI=1S/C11H12ClN3S/c1-2-8-6-16-11(14-8)15-10-5-7(13)3-4-9(10)12/h3-6H,2,13H2,1H3,(H,14,15). The Hall–Kier alpha value is -1.26. The molecule has 0 atom stereocenters. The van der Waals surface area contributed by atoms with E-state index in [0.717, 1.165) is 22.9 Å². The van der Waals surface area contributed by atoms with Gasteiger partial charge in [0, 0.05) is 11.1 Å². The van der Waals surface area contributed by atoms with Gasteiger partial charge in [0.25, 0.3) is 0 Å². The molecular formula is C11H12ClN3S. The maximum absolute atomic E-state index is 6.05. The van der Waals surface area contributed by atoms with Gasteiger partial charge in [-0.15, -0.1) is 11.3 Å². The van der Waals surface area contributed by atoms with Gasteiger partial charge in [-0.25, -0.2) is 4.98 Å². The van der Waals surface area contributed by atoms with E-state index in [-0.39, 0.29) is 0 Å². The Kier molecular flexibility index (Phi) is 3.31. The topological polar surface area (TPSA) is 50.9 Å². The highest BCUT2D eigenvalue weighted by atomic mass is 35.5. The second-order valence-corrected chi connectivity index (χ2v) is 4.63. The maximum atomic E-state index is 6.05. The molecule has 0 aliphatic heterocycles. The number of hydrogen-bond acceptors (Lipinski definition) is 4. The van der Waals surface area contributed by atoms with Crippen LogP contribution in [0.4, 0.5) is 16.5 Å². The molecule has 1 aromatic heterocycles. The molecule has 0 radical (unpaired) electrons. The van der Waals surface area contributed by atoms with E-state index in [9.17, 15) is 0 Å². The summed E-state index contributed by atoms with van der Waals surface area (Å²) in [6.07, 6.45) is 0.933. The number of nitrogens with two attached hydrogens (primary N) is 1. The number of benzene rings is 1. The zero-order chi connectivity index (χ0) is 11.5. The van der Waals surface area contributed by atoms with Crippen LogP contribution in [-0.2, 0) is 6.42 Å². The molecule has 1 aromatic carbocycles. The number of halogens is 1. The van der Waals surface area contributed by atoms with E-state index in [1.165, 1.54) is 0 Å². The van der Waals surface area contributed by atoms with Crippen molar-refractivity contribution in [1.29, 1.82) is 0 Å². The van der Waals surface area contributed by atoms with Crippen LogP contribution in [0.25, 0.3) is 0 Å². The fourth-order valence-corrected chi connectivity index (χ4v) is 2.25. The van der Waals surface area contributed by atoms with Gasteiger partial charge in [-0.2, -0.15) is 0 Å². The zero-order valence-corrected chi connectivity index (χ0v) is 10.4. The second-order valence-electron chi connectivity index (χ2n) is 3.36. The fraction of sp³-hybridized carbons (Fsp3) is 0.182. The van der Waals surface area contributed by atoms with Crippen molar-refractivity contribution in [1.82, 2.24) is 4.98 Å². The minimum atomic E-state index is 0.641. The van der Waals surface area contributed by atoms with Gasteiger partial charge in [0.1, 0.15) is 0 Å². The molecule has 3 N–H and O–H groups in total. The van der Waals surface area contributed by atoms with Crippen molar-refractivity contribution in [2.24, 2.45) is 0 Å². The lowest BCUT2D eigenvalue weighted by molar-refractivity contribution is 1.06. The van der Waals surface area contributed by atoms with Crippen LogP contribution in [0.15, 0.2) is 23.6 Å². The quantitative estimate of drug-likeness (QED) is 0.821. The molecule has 0 bridgehead atoms. The summed E-state index contributed by atoms with van der Waals surface area (Å²) in [5.41, 5.74) is 8.24. The Morgan fingerprint density at radius 3 is 3.00 bits per heavy atom. The van der Waals surface area contributed by atoms with Gasteiger partial charge in [0.05, 0.1) is 16.4 Å². The van der Waals surface area contributed by atoms with Gasteiger partial charge >= 0.3 is 0 Å². The van der Waals surface area contributed by atoms with Crippen LogP contribution in [0.3, 0.4) is 0 Å². The van der Waals surface area contributed by atoms with Gasteiger partial charge in [-0.3, -0.25) is 0 Å². The Morgan fingerprint density at radius 1 is 1.50 bits per heavy atom. The molecule has 0 saturated carbocycles. The van der Waals surface area contributed by atoms with E-state index < -0.39 is 0 Å². The van der Waals surface area contributed by atoms with Crippen molar-refractivity contribution < 1.29 is 0 Å². The molecule has 0 aliphatic rings. The Balaban J connectivity index is 2.22. The number of nitrogens with zero attached hydrogens (tertiary/aromatic N) is 1. The molecule has 2 aromatic rings. The summed E-state index contributed by atoms with van der Waals surface area (Å²) in [7, 11) is 0. The summed E-state index contributed by atoms with van der Waals surface area (Å²) < 4.78 is 0. The molecule has 0 fully saturated rings. The lowest BCUT2D eigenvalue weighted by Gasteiger charge is -2.05. The SMILES string of the molecule is CCc1csc(Nc2cc(N)ccc2Cl)n1. The third kappa shape index (κ3) is 2.46. The number of nitrogen functional groups attached to an aromatic ring is 1. The second kappa shape index (κ2) is 4.72. The number of nitrogens with one attached hydrogen (secondary N) is 1. The van der Waals surface area contributed by atoms with Gasteiger partial charge in [0.15, 0.2) is 5.13 Å². The smallest absolute Gasteiger partial charge is 0.187 e. The predicted molar refractivity (Wildman–Crippen MR) is 70.6 cm³/mol. The van der Waals surface area contributed by atoms with Crippen molar-refractivity contribution in [3.05, 3.63) is 34.3 Å². The molecule has 0 aliphatic carbocycles. The van der Waals surface area contributed by atoms with Crippen LogP contribution < -0.4 is 11.1 Å². The summed E-state index contributed by atoms with van der Waals surface area (Å²) in [6.45, 7) is 2.08. The summed E-state index contributed by atoms with van der Waals surface area (Å²) in [4.78, 5) is 4.40. The molecule has 0 amide bonds. The summed E-state index contributed by atoms with van der Waals surface area (Å²) >= 11 is 7.61. The maximum Gasteiger partial charge on any atom is 0.187 e. The van der Waals surface area contributed by atoms with Crippen LogP contribution in [0.1, 0.15) is 12.6 Å². The Labute approximate surface area is 103 Å². The number of rotatable bonds is 3. The Bertz CT molecular complexity index is 496. The van der Waals surface area contributed by atoms with E-state index in [1.54, 1.807) is 29.5 Å².